The Morgan fingerprint density at radius 2 is 2.12 bits per heavy atom. The number of rotatable bonds is 5. The van der Waals surface area contributed by atoms with Gasteiger partial charge in [-0.3, -0.25) is 4.79 Å². The fourth-order valence-corrected chi connectivity index (χ4v) is 3.20. The molecule has 0 bridgehead atoms. The molecule has 1 aliphatic rings. The van der Waals surface area contributed by atoms with E-state index in [1.807, 2.05) is 0 Å². The zero-order valence-corrected chi connectivity index (χ0v) is 14.8. The molecule has 2 aromatic rings. The molecule has 6 nitrogen and oxygen atoms in total. The van der Waals surface area contributed by atoms with Gasteiger partial charge in [-0.15, -0.1) is 0 Å². The summed E-state index contributed by atoms with van der Waals surface area (Å²) in [6, 6.07) is 7.00. The van der Waals surface area contributed by atoms with Crippen molar-refractivity contribution in [2.24, 2.45) is 0 Å². The summed E-state index contributed by atoms with van der Waals surface area (Å²) in [7, 11) is 0. The molecule has 2 N–H and O–H groups in total. The molecule has 0 saturated carbocycles. The number of halogens is 1. The lowest BCUT2D eigenvalue weighted by Crippen LogP contribution is -2.39. The van der Waals surface area contributed by atoms with Gasteiger partial charge in [0, 0.05) is 29.7 Å². The van der Waals surface area contributed by atoms with E-state index in [0.717, 1.165) is 12.8 Å². The lowest BCUT2D eigenvalue weighted by Gasteiger charge is -2.25. The Labute approximate surface area is 151 Å². The first-order valence-electron chi connectivity index (χ1n) is 8.26. The van der Waals surface area contributed by atoms with Crippen LogP contribution in [0, 0.1) is 0 Å². The number of aromatic nitrogens is 1. The van der Waals surface area contributed by atoms with Crippen LogP contribution in [0.5, 0.6) is 0 Å². The van der Waals surface area contributed by atoms with Crippen molar-refractivity contribution in [3.63, 3.8) is 0 Å². The van der Waals surface area contributed by atoms with Gasteiger partial charge in [0.25, 0.3) is 5.91 Å². The maximum atomic E-state index is 12.3. The first-order chi connectivity index (χ1) is 12.0. The first-order valence-corrected chi connectivity index (χ1v) is 8.64. The van der Waals surface area contributed by atoms with Crippen LogP contribution in [0.25, 0.3) is 0 Å². The molecule has 3 rings (SSSR count). The number of hydrogen-bond acceptors (Lipinski definition) is 5. The number of oxazole rings is 1. The van der Waals surface area contributed by atoms with Crippen LogP contribution in [0.4, 0.5) is 0 Å². The Morgan fingerprint density at radius 3 is 2.84 bits per heavy atom. The number of nitrogens with one attached hydrogen (secondary N) is 1. The Kier molecular flexibility index (Phi) is 5.42. The highest BCUT2D eigenvalue weighted by molar-refractivity contribution is 6.31. The van der Waals surface area contributed by atoms with Crippen molar-refractivity contribution >= 4 is 17.5 Å². The number of carbonyl (C=O) groups excluding carboxylic acids is 1. The van der Waals surface area contributed by atoms with E-state index in [1.165, 1.54) is 6.26 Å². The highest BCUT2D eigenvalue weighted by Gasteiger charge is 2.27. The number of amides is 1. The largest absolute Gasteiger partial charge is 0.448 e. The third kappa shape index (κ3) is 4.21. The number of carbonyl (C=O) groups is 1. The van der Waals surface area contributed by atoms with Gasteiger partial charge in [0.15, 0.2) is 11.6 Å². The Balaban J connectivity index is 1.62. The molecule has 1 aromatic heterocycles. The molecule has 1 fully saturated rings. The molecule has 0 aliphatic carbocycles. The van der Waals surface area contributed by atoms with E-state index < -0.39 is 11.5 Å². The van der Waals surface area contributed by atoms with Crippen LogP contribution in [-0.4, -0.2) is 35.8 Å². The molecule has 1 aliphatic heterocycles. The van der Waals surface area contributed by atoms with Crippen molar-refractivity contribution < 1.29 is 19.1 Å². The van der Waals surface area contributed by atoms with Gasteiger partial charge in [0.2, 0.25) is 0 Å². The van der Waals surface area contributed by atoms with Gasteiger partial charge in [-0.1, -0.05) is 29.8 Å². The summed E-state index contributed by atoms with van der Waals surface area (Å²) in [4.78, 5) is 16.6. The van der Waals surface area contributed by atoms with Crippen LogP contribution in [-0.2, 0) is 10.3 Å². The number of ether oxygens (including phenoxy) is 1. The molecule has 0 spiro atoms. The fraction of sp³-hybridized carbons (Fsp3) is 0.444. The number of aliphatic hydroxyl groups is 1. The molecule has 2 heterocycles. The molecular weight excluding hydrogens is 344 g/mol. The summed E-state index contributed by atoms with van der Waals surface area (Å²) in [6.07, 6.45) is 3.02. The van der Waals surface area contributed by atoms with Crippen molar-refractivity contribution in [1.82, 2.24) is 10.3 Å². The highest BCUT2D eigenvalue weighted by Crippen LogP contribution is 2.28. The van der Waals surface area contributed by atoms with Gasteiger partial charge in [0.1, 0.15) is 11.9 Å². The average Bonchev–Trinajstić information content (AvgIpc) is 3.11. The molecule has 1 saturated heterocycles. The normalized spacial score (nSPS) is 17.9. The predicted octanol–water partition coefficient (Wildman–Crippen LogP) is 2.86. The summed E-state index contributed by atoms with van der Waals surface area (Å²) in [5.41, 5.74) is -0.530. The molecule has 134 valence electrons. The molecule has 0 radical (unpaired) electrons. The maximum absolute atomic E-state index is 12.3. The Morgan fingerprint density at radius 1 is 1.40 bits per heavy atom. The van der Waals surface area contributed by atoms with E-state index >= 15 is 0 Å². The molecule has 1 atom stereocenters. The second kappa shape index (κ2) is 7.56. The summed E-state index contributed by atoms with van der Waals surface area (Å²) in [5.74, 6) is 0.349. The van der Waals surface area contributed by atoms with Crippen molar-refractivity contribution in [2.75, 3.05) is 19.8 Å². The van der Waals surface area contributed by atoms with Gasteiger partial charge >= 0.3 is 0 Å². The van der Waals surface area contributed by atoms with E-state index in [-0.39, 0.29) is 18.2 Å². The van der Waals surface area contributed by atoms with Gasteiger partial charge < -0.3 is 19.6 Å². The zero-order chi connectivity index (χ0) is 17.9. The summed E-state index contributed by atoms with van der Waals surface area (Å²) >= 11 is 6.12. The lowest BCUT2D eigenvalue weighted by molar-refractivity contribution is 0.0526. The van der Waals surface area contributed by atoms with Crippen molar-refractivity contribution in [2.45, 2.75) is 31.3 Å². The van der Waals surface area contributed by atoms with Crippen LogP contribution < -0.4 is 5.32 Å². The molecule has 7 heteroatoms. The van der Waals surface area contributed by atoms with E-state index in [9.17, 15) is 9.90 Å². The standard InChI is InChI=1S/C18H21ClN2O4/c1-18(23,13-4-2-3-5-14(13)19)11-20-16(22)15-10-25-17(21-15)12-6-8-24-9-7-12/h2-5,10,12,23H,6-9,11H2,1H3,(H,20,22). The molecular formula is C18H21ClN2O4. The minimum absolute atomic E-state index is 0.00896. The van der Waals surface area contributed by atoms with Crippen molar-refractivity contribution in [1.29, 1.82) is 0 Å². The van der Waals surface area contributed by atoms with E-state index in [1.54, 1.807) is 31.2 Å². The van der Waals surface area contributed by atoms with Gasteiger partial charge in [-0.25, -0.2) is 4.98 Å². The molecule has 1 aromatic carbocycles. The SMILES string of the molecule is CC(O)(CNC(=O)c1coc(C2CCOCC2)n1)c1ccccc1Cl. The average molecular weight is 365 g/mol. The zero-order valence-electron chi connectivity index (χ0n) is 14.0. The smallest absolute Gasteiger partial charge is 0.273 e. The van der Waals surface area contributed by atoms with Crippen LogP contribution in [0.15, 0.2) is 34.9 Å². The highest BCUT2D eigenvalue weighted by atomic mass is 35.5. The number of nitrogens with zero attached hydrogens (tertiary/aromatic N) is 1. The van der Waals surface area contributed by atoms with Crippen molar-refractivity contribution in [3.05, 3.63) is 52.7 Å². The quantitative estimate of drug-likeness (QED) is 0.852. The lowest BCUT2D eigenvalue weighted by atomic mass is 9.96. The van der Waals surface area contributed by atoms with Crippen LogP contribution in [0.1, 0.15) is 47.6 Å². The van der Waals surface area contributed by atoms with Gasteiger partial charge in [-0.2, -0.15) is 0 Å². The maximum Gasteiger partial charge on any atom is 0.273 e. The number of hydrogen-bond donors (Lipinski definition) is 2. The summed E-state index contributed by atoms with van der Waals surface area (Å²) < 4.78 is 10.8. The van der Waals surface area contributed by atoms with Crippen molar-refractivity contribution in [3.8, 4) is 0 Å². The van der Waals surface area contributed by atoms with E-state index in [4.69, 9.17) is 20.8 Å². The predicted molar refractivity (Wildman–Crippen MR) is 92.7 cm³/mol. The first kappa shape index (κ1) is 17.9. The second-order valence-corrected chi connectivity index (χ2v) is 6.80. The molecule has 25 heavy (non-hydrogen) atoms. The molecule has 1 amide bonds. The van der Waals surface area contributed by atoms with E-state index in [2.05, 4.69) is 10.3 Å². The van der Waals surface area contributed by atoms with Crippen LogP contribution >= 0.6 is 11.6 Å². The van der Waals surface area contributed by atoms with E-state index in [0.29, 0.717) is 29.7 Å². The summed E-state index contributed by atoms with van der Waals surface area (Å²) in [6.45, 7) is 2.96. The number of benzene rings is 1. The third-order valence-corrected chi connectivity index (χ3v) is 4.70. The topological polar surface area (TPSA) is 84.6 Å². The minimum atomic E-state index is -1.29. The minimum Gasteiger partial charge on any atom is -0.448 e. The monoisotopic (exact) mass is 364 g/mol. The second-order valence-electron chi connectivity index (χ2n) is 6.39. The van der Waals surface area contributed by atoms with Crippen LogP contribution in [0.2, 0.25) is 5.02 Å². The Bertz CT molecular complexity index is 738. The summed E-state index contributed by atoms with van der Waals surface area (Å²) in [5, 5.41) is 13.8. The third-order valence-electron chi connectivity index (χ3n) is 4.37. The van der Waals surface area contributed by atoms with Gasteiger partial charge in [0.05, 0.1) is 6.54 Å². The van der Waals surface area contributed by atoms with Crippen LogP contribution in [0.3, 0.4) is 0 Å². The van der Waals surface area contributed by atoms with Gasteiger partial charge in [-0.05, 0) is 25.8 Å². The molecule has 1 unspecified atom stereocenters. The fourth-order valence-electron chi connectivity index (χ4n) is 2.86. The Hall–Kier alpha value is -1.89.